The van der Waals surface area contributed by atoms with Crippen molar-refractivity contribution in [1.29, 1.82) is 0 Å². The van der Waals surface area contributed by atoms with E-state index in [1.807, 2.05) is 0 Å². The zero-order chi connectivity index (χ0) is 10.4. The quantitative estimate of drug-likeness (QED) is 0.600. The summed E-state index contributed by atoms with van der Waals surface area (Å²) >= 11 is 5.42. The summed E-state index contributed by atoms with van der Waals surface area (Å²) < 4.78 is 9.90. The van der Waals surface area contributed by atoms with Gasteiger partial charge in [0.2, 0.25) is 0 Å². The molecule has 0 radical (unpaired) electrons. The summed E-state index contributed by atoms with van der Waals surface area (Å²) in [6.45, 7) is 2.09. The Balaban J connectivity index is 2.50. The first-order valence-corrected chi connectivity index (χ1v) is 4.71. The molecule has 1 aromatic heterocycles. The number of ether oxygens (including phenoxy) is 1. The highest BCUT2D eigenvalue weighted by Crippen LogP contribution is 2.06. The van der Waals surface area contributed by atoms with Crippen molar-refractivity contribution in [2.45, 2.75) is 19.4 Å². The van der Waals surface area contributed by atoms with Crippen molar-refractivity contribution >= 4 is 17.7 Å². The maximum absolute atomic E-state index is 11.3. The van der Waals surface area contributed by atoms with Crippen LogP contribution in [0, 0.1) is 0 Å². The number of carbonyl (C=O) groups excluding carboxylic acids is 1. The standard InChI is InChI=1S/C9H12ClNO3/c1-2-13-9(12)8(11-10)6-7-4-3-5-14-7/h3-5,8,11H,2,6H2,1H3/t8-/m0/s1. The van der Waals surface area contributed by atoms with Gasteiger partial charge in [0, 0.05) is 6.42 Å². The summed E-state index contributed by atoms with van der Waals surface area (Å²) in [6, 6.07) is 2.97. The van der Waals surface area contributed by atoms with Gasteiger partial charge in [0.05, 0.1) is 12.9 Å². The van der Waals surface area contributed by atoms with Crippen molar-refractivity contribution in [3.8, 4) is 0 Å². The third kappa shape index (κ3) is 3.05. The van der Waals surface area contributed by atoms with E-state index in [0.29, 0.717) is 18.8 Å². The fourth-order valence-corrected chi connectivity index (χ4v) is 1.21. The topological polar surface area (TPSA) is 51.5 Å². The Morgan fingerprint density at radius 3 is 3.07 bits per heavy atom. The molecule has 1 aromatic rings. The van der Waals surface area contributed by atoms with E-state index in [1.165, 1.54) is 0 Å². The zero-order valence-electron chi connectivity index (χ0n) is 7.83. The van der Waals surface area contributed by atoms with Crippen molar-refractivity contribution in [2.75, 3.05) is 6.61 Å². The number of carbonyl (C=O) groups is 1. The van der Waals surface area contributed by atoms with Gasteiger partial charge in [-0.05, 0) is 30.8 Å². The van der Waals surface area contributed by atoms with Crippen LogP contribution in [0.1, 0.15) is 12.7 Å². The summed E-state index contributed by atoms with van der Waals surface area (Å²) in [5, 5.41) is 0. The monoisotopic (exact) mass is 217 g/mol. The average molecular weight is 218 g/mol. The predicted octanol–water partition coefficient (Wildman–Crippen LogP) is 1.50. The van der Waals surface area contributed by atoms with Crippen molar-refractivity contribution < 1.29 is 13.9 Å². The molecule has 0 aliphatic rings. The molecule has 0 aliphatic heterocycles. The Morgan fingerprint density at radius 2 is 2.57 bits per heavy atom. The van der Waals surface area contributed by atoms with Crippen LogP contribution in [0.15, 0.2) is 22.8 Å². The SMILES string of the molecule is CCOC(=O)[C@H](Cc1ccco1)NCl. The summed E-state index contributed by atoms with van der Waals surface area (Å²) in [6.07, 6.45) is 1.93. The van der Waals surface area contributed by atoms with Crippen molar-refractivity contribution in [1.82, 2.24) is 4.84 Å². The Hall–Kier alpha value is -1.00. The van der Waals surface area contributed by atoms with Crippen LogP contribution in [0.5, 0.6) is 0 Å². The first-order chi connectivity index (χ1) is 6.77. The normalized spacial score (nSPS) is 12.4. The molecule has 0 fully saturated rings. The van der Waals surface area contributed by atoms with Gasteiger partial charge < -0.3 is 9.15 Å². The minimum Gasteiger partial charge on any atom is -0.469 e. The fraction of sp³-hybridized carbons (Fsp3) is 0.444. The van der Waals surface area contributed by atoms with Crippen LogP contribution in [0.4, 0.5) is 0 Å². The minimum atomic E-state index is -0.567. The summed E-state index contributed by atoms with van der Waals surface area (Å²) in [5.41, 5.74) is 0. The van der Waals surface area contributed by atoms with E-state index in [2.05, 4.69) is 4.84 Å². The van der Waals surface area contributed by atoms with Crippen LogP contribution in [-0.4, -0.2) is 18.6 Å². The second-order valence-corrected chi connectivity index (χ2v) is 2.92. The molecule has 0 bridgehead atoms. The Bertz CT molecular complexity index is 274. The van der Waals surface area contributed by atoms with Crippen LogP contribution in [0.2, 0.25) is 0 Å². The van der Waals surface area contributed by atoms with Gasteiger partial charge in [0.15, 0.2) is 0 Å². The third-order valence-corrected chi connectivity index (χ3v) is 1.95. The van der Waals surface area contributed by atoms with Gasteiger partial charge >= 0.3 is 5.97 Å². The van der Waals surface area contributed by atoms with Gasteiger partial charge in [-0.15, -0.1) is 0 Å². The molecule has 1 N–H and O–H groups in total. The Morgan fingerprint density at radius 1 is 1.79 bits per heavy atom. The molecule has 14 heavy (non-hydrogen) atoms. The van der Waals surface area contributed by atoms with E-state index in [1.54, 1.807) is 25.3 Å². The van der Waals surface area contributed by atoms with E-state index in [9.17, 15) is 4.79 Å². The van der Waals surface area contributed by atoms with Gasteiger partial charge in [-0.2, -0.15) is 0 Å². The molecular formula is C9H12ClNO3. The Kier molecular flexibility index (Phi) is 4.49. The third-order valence-electron chi connectivity index (χ3n) is 1.69. The molecule has 1 heterocycles. The van der Waals surface area contributed by atoms with E-state index < -0.39 is 6.04 Å². The first-order valence-electron chi connectivity index (χ1n) is 4.33. The number of esters is 1. The molecule has 0 saturated heterocycles. The number of nitrogens with one attached hydrogen (secondary N) is 1. The molecular weight excluding hydrogens is 206 g/mol. The fourth-order valence-electron chi connectivity index (χ4n) is 1.04. The summed E-state index contributed by atoms with van der Waals surface area (Å²) in [7, 11) is 0. The number of halogens is 1. The molecule has 78 valence electrons. The van der Waals surface area contributed by atoms with Crippen LogP contribution in [-0.2, 0) is 16.0 Å². The highest BCUT2D eigenvalue weighted by Gasteiger charge is 2.20. The van der Waals surface area contributed by atoms with Crippen molar-refractivity contribution in [3.05, 3.63) is 24.2 Å². The smallest absolute Gasteiger partial charge is 0.324 e. The van der Waals surface area contributed by atoms with E-state index in [-0.39, 0.29) is 5.97 Å². The molecule has 0 aliphatic carbocycles. The maximum atomic E-state index is 11.3. The molecule has 0 amide bonds. The molecule has 4 nitrogen and oxygen atoms in total. The van der Waals surface area contributed by atoms with Gasteiger partial charge in [-0.1, -0.05) is 0 Å². The lowest BCUT2D eigenvalue weighted by Crippen LogP contribution is -2.34. The molecule has 0 spiro atoms. The van der Waals surface area contributed by atoms with Gasteiger partial charge in [0.1, 0.15) is 11.8 Å². The molecule has 0 unspecified atom stereocenters. The van der Waals surface area contributed by atoms with E-state index in [4.69, 9.17) is 20.9 Å². The second kappa shape index (κ2) is 5.67. The van der Waals surface area contributed by atoms with Crippen LogP contribution in [0.3, 0.4) is 0 Å². The Labute approximate surface area is 87.3 Å². The number of hydrogen-bond acceptors (Lipinski definition) is 4. The lowest BCUT2D eigenvalue weighted by Gasteiger charge is -2.11. The summed E-state index contributed by atoms with van der Waals surface area (Å²) in [4.78, 5) is 13.7. The van der Waals surface area contributed by atoms with Crippen LogP contribution >= 0.6 is 11.8 Å². The van der Waals surface area contributed by atoms with E-state index >= 15 is 0 Å². The van der Waals surface area contributed by atoms with Gasteiger partial charge in [0.25, 0.3) is 0 Å². The minimum absolute atomic E-state index is 0.339. The summed E-state index contributed by atoms with van der Waals surface area (Å²) in [5.74, 6) is 0.315. The van der Waals surface area contributed by atoms with Crippen LogP contribution < -0.4 is 4.84 Å². The first kappa shape index (κ1) is 11.1. The number of rotatable bonds is 5. The average Bonchev–Trinajstić information content (AvgIpc) is 2.66. The zero-order valence-corrected chi connectivity index (χ0v) is 8.58. The highest BCUT2D eigenvalue weighted by atomic mass is 35.5. The molecule has 1 atom stereocenters. The molecule has 5 heteroatoms. The van der Waals surface area contributed by atoms with Gasteiger partial charge in [-0.3, -0.25) is 4.79 Å². The number of furan rings is 1. The van der Waals surface area contributed by atoms with Crippen molar-refractivity contribution in [2.24, 2.45) is 0 Å². The highest BCUT2D eigenvalue weighted by molar-refractivity contribution is 6.14. The molecule has 0 saturated carbocycles. The maximum Gasteiger partial charge on any atom is 0.324 e. The lowest BCUT2D eigenvalue weighted by molar-refractivity contribution is -0.145. The number of hydrogen-bond donors (Lipinski definition) is 1. The van der Waals surface area contributed by atoms with Crippen LogP contribution in [0.25, 0.3) is 0 Å². The van der Waals surface area contributed by atoms with E-state index in [0.717, 1.165) is 0 Å². The predicted molar refractivity (Wildman–Crippen MR) is 51.8 cm³/mol. The largest absolute Gasteiger partial charge is 0.469 e. The molecule has 0 aromatic carbocycles. The molecule has 1 rings (SSSR count). The second-order valence-electron chi connectivity index (χ2n) is 2.70. The lowest BCUT2D eigenvalue weighted by atomic mass is 10.2. The van der Waals surface area contributed by atoms with Gasteiger partial charge in [-0.25, -0.2) is 4.84 Å². The van der Waals surface area contributed by atoms with Crippen molar-refractivity contribution in [3.63, 3.8) is 0 Å².